The molecule has 3 rings (SSSR count). The van der Waals surface area contributed by atoms with Crippen molar-refractivity contribution < 1.29 is 0 Å². The lowest BCUT2D eigenvalue weighted by Gasteiger charge is -2.28. The summed E-state index contributed by atoms with van der Waals surface area (Å²) in [4.78, 5) is 4.03. The van der Waals surface area contributed by atoms with Gasteiger partial charge in [-0.2, -0.15) is 0 Å². The van der Waals surface area contributed by atoms with Gasteiger partial charge in [0.1, 0.15) is 0 Å². The standard InChI is InChI=1S/C14H17NS.ClH/c1-15-8-6-11(7-9-15)14-10-12-4-2-3-5-13(12)16-14;/h2-5,10-11H,6-9H2,1H3;1H. The molecule has 17 heavy (non-hydrogen) atoms. The molecular formula is C14H18ClNS. The Labute approximate surface area is 113 Å². The minimum atomic E-state index is 0. The Morgan fingerprint density at radius 1 is 1.18 bits per heavy atom. The maximum Gasteiger partial charge on any atom is 0.0345 e. The number of nitrogens with zero attached hydrogens (tertiary/aromatic N) is 1. The molecule has 1 aromatic carbocycles. The Morgan fingerprint density at radius 2 is 1.88 bits per heavy atom. The van der Waals surface area contributed by atoms with Gasteiger partial charge in [0.05, 0.1) is 0 Å². The number of likely N-dealkylation sites (tertiary alicyclic amines) is 1. The molecule has 1 saturated heterocycles. The summed E-state index contributed by atoms with van der Waals surface area (Å²) in [6, 6.07) is 11.1. The van der Waals surface area contributed by atoms with Crippen molar-refractivity contribution >= 4 is 33.8 Å². The molecule has 2 aromatic rings. The molecule has 0 N–H and O–H groups in total. The van der Waals surface area contributed by atoms with Crippen LogP contribution in [0.2, 0.25) is 0 Å². The summed E-state index contributed by atoms with van der Waals surface area (Å²) in [7, 11) is 2.22. The van der Waals surface area contributed by atoms with E-state index in [1.807, 2.05) is 11.3 Å². The van der Waals surface area contributed by atoms with Crippen LogP contribution in [0.4, 0.5) is 0 Å². The molecule has 3 heteroatoms. The van der Waals surface area contributed by atoms with E-state index in [-0.39, 0.29) is 12.4 Å². The van der Waals surface area contributed by atoms with Gasteiger partial charge in [0.2, 0.25) is 0 Å². The lowest BCUT2D eigenvalue weighted by Crippen LogP contribution is -2.28. The van der Waals surface area contributed by atoms with Crippen LogP contribution in [0, 0.1) is 0 Å². The molecule has 0 amide bonds. The number of piperidine rings is 1. The number of benzene rings is 1. The van der Waals surface area contributed by atoms with Gasteiger partial charge in [0.25, 0.3) is 0 Å². The van der Waals surface area contributed by atoms with E-state index in [0.717, 1.165) is 5.92 Å². The Hall–Kier alpha value is -0.570. The lowest BCUT2D eigenvalue weighted by atomic mass is 9.95. The molecule has 0 saturated carbocycles. The average molecular weight is 268 g/mol. The second kappa shape index (κ2) is 5.38. The van der Waals surface area contributed by atoms with Crippen molar-refractivity contribution in [1.82, 2.24) is 4.90 Å². The van der Waals surface area contributed by atoms with Gasteiger partial charge in [-0.1, -0.05) is 18.2 Å². The number of hydrogen-bond acceptors (Lipinski definition) is 2. The molecule has 1 aliphatic rings. The van der Waals surface area contributed by atoms with E-state index in [0.29, 0.717) is 0 Å². The molecule has 0 atom stereocenters. The summed E-state index contributed by atoms with van der Waals surface area (Å²) in [6.07, 6.45) is 2.65. The van der Waals surface area contributed by atoms with E-state index in [9.17, 15) is 0 Å². The van der Waals surface area contributed by atoms with Crippen LogP contribution < -0.4 is 0 Å². The first-order valence-electron chi connectivity index (χ1n) is 6.00. The zero-order valence-electron chi connectivity index (χ0n) is 10.1. The fourth-order valence-corrected chi connectivity index (χ4v) is 3.73. The zero-order valence-corrected chi connectivity index (χ0v) is 11.7. The predicted molar refractivity (Wildman–Crippen MR) is 78.5 cm³/mol. The highest BCUT2D eigenvalue weighted by molar-refractivity contribution is 7.19. The molecule has 1 aromatic heterocycles. The number of fused-ring (bicyclic) bond motifs is 1. The molecule has 1 aliphatic heterocycles. The first-order chi connectivity index (χ1) is 7.83. The van der Waals surface area contributed by atoms with Crippen molar-refractivity contribution in [3.8, 4) is 0 Å². The van der Waals surface area contributed by atoms with E-state index in [4.69, 9.17) is 0 Å². The highest BCUT2D eigenvalue weighted by Crippen LogP contribution is 2.35. The van der Waals surface area contributed by atoms with E-state index in [1.54, 1.807) is 4.88 Å². The zero-order chi connectivity index (χ0) is 11.0. The third-order valence-electron chi connectivity index (χ3n) is 3.57. The van der Waals surface area contributed by atoms with Gasteiger partial charge < -0.3 is 4.90 Å². The van der Waals surface area contributed by atoms with E-state index in [1.165, 1.54) is 36.0 Å². The minimum absolute atomic E-state index is 0. The molecule has 0 aliphatic carbocycles. The van der Waals surface area contributed by atoms with E-state index in [2.05, 4.69) is 42.3 Å². The summed E-state index contributed by atoms with van der Waals surface area (Å²) in [5, 5.41) is 1.42. The maximum atomic E-state index is 2.43. The molecule has 0 unspecified atom stereocenters. The first-order valence-corrected chi connectivity index (χ1v) is 6.81. The maximum absolute atomic E-state index is 2.43. The lowest BCUT2D eigenvalue weighted by molar-refractivity contribution is 0.257. The fourth-order valence-electron chi connectivity index (χ4n) is 2.50. The highest BCUT2D eigenvalue weighted by atomic mass is 35.5. The Balaban J connectivity index is 0.00000108. The third kappa shape index (κ3) is 2.65. The van der Waals surface area contributed by atoms with Gasteiger partial charge in [-0.15, -0.1) is 23.7 Å². The average Bonchev–Trinajstić information content (AvgIpc) is 2.73. The molecule has 92 valence electrons. The molecule has 0 spiro atoms. The number of hydrogen-bond donors (Lipinski definition) is 0. The second-order valence-corrected chi connectivity index (χ2v) is 5.88. The monoisotopic (exact) mass is 267 g/mol. The fraction of sp³-hybridized carbons (Fsp3) is 0.429. The number of rotatable bonds is 1. The normalized spacial score (nSPS) is 18.2. The summed E-state index contributed by atoms with van der Waals surface area (Å²) in [5.74, 6) is 0.800. The molecule has 2 heterocycles. The van der Waals surface area contributed by atoms with E-state index >= 15 is 0 Å². The summed E-state index contributed by atoms with van der Waals surface area (Å²) >= 11 is 1.99. The van der Waals surface area contributed by atoms with Gasteiger partial charge in [-0.3, -0.25) is 0 Å². The van der Waals surface area contributed by atoms with Crippen molar-refractivity contribution in [2.75, 3.05) is 20.1 Å². The van der Waals surface area contributed by atoms with Gasteiger partial charge in [0, 0.05) is 9.58 Å². The third-order valence-corrected chi connectivity index (χ3v) is 4.84. The molecule has 0 radical (unpaired) electrons. The topological polar surface area (TPSA) is 3.24 Å². The van der Waals surface area contributed by atoms with Crippen LogP contribution in [-0.4, -0.2) is 25.0 Å². The van der Waals surface area contributed by atoms with Gasteiger partial charge in [-0.05, 0) is 56.4 Å². The van der Waals surface area contributed by atoms with Crippen molar-refractivity contribution in [3.63, 3.8) is 0 Å². The van der Waals surface area contributed by atoms with Crippen molar-refractivity contribution in [1.29, 1.82) is 0 Å². The van der Waals surface area contributed by atoms with Crippen molar-refractivity contribution in [3.05, 3.63) is 35.2 Å². The summed E-state index contributed by atoms with van der Waals surface area (Å²) < 4.78 is 1.44. The summed E-state index contributed by atoms with van der Waals surface area (Å²) in [6.45, 7) is 2.50. The first kappa shape index (κ1) is 12.9. The van der Waals surface area contributed by atoms with Crippen LogP contribution >= 0.6 is 23.7 Å². The van der Waals surface area contributed by atoms with Crippen molar-refractivity contribution in [2.24, 2.45) is 0 Å². The van der Waals surface area contributed by atoms with Crippen LogP contribution in [-0.2, 0) is 0 Å². The molecule has 1 fully saturated rings. The van der Waals surface area contributed by atoms with Crippen LogP contribution in [0.3, 0.4) is 0 Å². The van der Waals surface area contributed by atoms with Gasteiger partial charge in [-0.25, -0.2) is 0 Å². The number of halogens is 1. The van der Waals surface area contributed by atoms with Crippen LogP contribution in [0.5, 0.6) is 0 Å². The smallest absolute Gasteiger partial charge is 0.0345 e. The van der Waals surface area contributed by atoms with Crippen LogP contribution in [0.1, 0.15) is 23.6 Å². The van der Waals surface area contributed by atoms with Gasteiger partial charge in [0.15, 0.2) is 0 Å². The summed E-state index contributed by atoms with van der Waals surface area (Å²) in [5.41, 5.74) is 0. The van der Waals surface area contributed by atoms with Gasteiger partial charge >= 0.3 is 0 Å². The van der Waals surface area contributed by atoms with Crippen LogP contribution in [0.15, 0.2) is 30.3 Å². The second-order valence-electron chi connectivity index (χ2n) is 4.76. The Morgan fingerprint density at radius 3 is 2.59 bits per heavy atom. The Bertz CT molecular complexity index is 453. The van der Waals surface area contributed by atoms with E-state index < -0.39 is 0 Å². The quantitative estimate of drug-likeness (QED) is 0.751. The van der Waals surface area contributed by atoms with Crippen LogP contribution in [0.25, 0.3) is 10.1 Å². The molecule has 0 bridgehead atoms. The molecular weight excluding hydrogens is 250 g/mol. The minimum Gasteiger partial charge on any atom is -0.306 e. The Kier molecular flexibility index (Phi) is 4.08. The molecule has 1 nitrogen and oxygen atoms in total. The predicted octanol–water partition coefficient (Wildman–Crippen LogP) is 4.13. The highest BCUT2D eigenvalue weighted by Gasteiger charge is 2.19. The number of thiophene rings is 1. The van der Waals surface area contributed by atoms with Crippen molar-refractivity contribution in [2.45, 2.75) is 18.8 Å². The SMILES string of the molecule is CN1CCC(c2cc3ccccc3s2)CC1.Cl. The largest absolute Gasteiger partial charge is 0.306 e.